The van der Waals surface area contributed by atoms with Gasteiger partial charge in [0.15, 0.2) is 11.6 Å². The summed E-state index contributed by atoms with van der Waals surface area (Å²) >= 11 is 0. The molecule has 0 aliphatic heterocycles. The summed E-state index contributed by atoms with van der Waals surface area (Å²) in [7, 11) is 0. The first-order valence-corrected chi connectivity index (χ1v) is 10.1. The molecule has 3 heterocycles. The molecule has 2 aromatic carbocycles. The van der Waals surface area contributed by atoms with Crippen molar-refractivity contribution in [2.75, 3.05) is 0 Å². The summed E-state index contributed by atoms with van der Waals surface area (Å²) in [5, 5.41) is 0. The Kier molecular flexibility index (Phi) is 5.09. The van der Waals surface area contributed by atoms with Gasteiger partial charge in [-0.1, -0.05) is 36.4 Å². The lowest BCUT2D eigenvalue weighted by atomic mass is 10.1. The number of ketones is 2. The van der Waals surface area contributed by atoms with E-state index >= 15 is 0 Å². The third kappa shape index (κ3) is 3.93. The largest absolute Gasteiger partial charge is 0.348 e. The number of carbonyl (C=O) groups is 2. The Morgan fingerprint density at radius 1 is 0.844 bits per heavy atom. The number of hydrogen-bond donors (Lipinski definition) is 2. The van der Waals surface area contributed by atoms with Gasteiger partial charge in [0, 0.05) is 23.5 Å². The molecule has 5 rings (SSSR count). The molecule has 0 atom stereocenters. The summed E-state index contributed by atoms with van der Waals surface area (Å²) in [6.45, 7) is 0. The smallest absolute Gasteiger partial charge is 0.188 e. The zero-order chi connectivity index (χ0) is 21.9. The van der Waals surface area contributed by atoms with Crippen LogP contribution in [0, 0.1) is 0 Å². The Morgan fingerprint density at radius 2 is 1.69 bits per heavy atom. The van der Waals surface area contributed by atoms with E-state index in [1.165, 1.54) is 6.33 Å². The summed E-state index contributed by atoms with van der Waals surface area (Å²) in [5.74, 6) is 0.782. The number of aromatic amines is 2. The van der Waals surface area contributed by atoms with Crippen LogP contribution in [-0.2, 0) is 12.8 Å². The van der Waals surface area contributed by atoms with Crippen LogP contribution in [0.15, 0.2) is 73.3 Å². The second kappa shape index (κ2) is 8.35. The van der Waals surface area contributed by atoms with Crippen molar-refractivity contribution in [1.82, 2.24) is 29.9 Å². The summed E-state index contributed by atoms with van der Waals surface area (Å²) in [4.78, 5) is 48.8. The average Bonchev–Trinajstić information content (AvgIpc) is 3.48. The lowest BCUT2D eigenvalue weighted by Crippen LogP contribution is -2.08. The van der Waals surface area contributed by atoms with Crippen LogP contribution in [0.2, 0.25) is 0 Å². The molecule has 5 aromatic rings. The van der Waals surface area contributed by atoms with Gasteiger partial charge in [0.25, 0.3) is 0 Å². The van der Waals surface area contributed by atoms with Gasteiger partial charge in [0.2, 0.25) is 0 Å². The number of para-hydroxylation sites is 1. The molecule has 2 N–H and O–H groups in total. The first-order valence-electron chi connectivity index (χ1n) is 10.1. The quantitative estimate of drug-likeness (QED) is 0.387. The summed E-state index contributed by atoms with van der Waals surface area (Å²) in [6.07, 6.45) is 4.86. The van der Waals surface area contributed by atoms with Gasteiger partial charge < -0.3 is 9.97 Å². The van der Waals surface area contributed by atoms with Crippen LogP contribution in [0.5, 0.6) is 0 Å². The number of rotatable bonds is 7. The molecule has 0 saturated heterocycles. The van der Waals surface area contributed by atoms with Crippen LogP contribution in [0.25, 0.3) is 22.3 Å². The molecule has 0 saturated carbocycles. The van der Waals surface area contributed by atoms with Crippen LogP contribution >= 0.6 is 0 Å². The summed E-state index contributed by atoms with van der Waals surface area (Å²) in [5.41, 5.74) is 3.63. The summed E-state index contributed by atoms with van der Waals surface area (Å²) < 4.78 is 0. The first-order chi connectivity index (χ1) is 15.7. The maximum Gasteiger partial charge on any atom is 0.188 e. The second-order valence-corrected chi connectivity index (χ2v) is 7.28. The normalized spacial score (nSPS) is 11.0. The Morgan fingerprint density at radius 3 is 2.50 bits per heavy atom. The Bertz CT molecular complexity index is 1410. The first kappa shape index (κ1) is 19.5. The van der Waals surface area contributed by atoms with Crippen LogP contribution in [-0.4, -0.2) is 41.5 Å². The number of benzene rings is 2. The number of aromatic nitrogens is 6. The van der Waals surface area contributed by atoms with Gasteiger partial charge >= 0.3 is 0 Å². The maximum atomic E-state index is 12.9. The number of Topliss-reactive ketones (excluding diaryl/α,β-unsaturated/α-hetero) is 2. The van der Waals surface area contributed by atoms with E-state index in [4.69, 9.17) is 0 Å². The highest BCUT2D eigenvalue weighted by Crippen LogP contribution is 2.20. The molecule has 0 fully saturated rings. The standard InChI is InChI=1S/C24H18N6O2/c31-20(12-22-25-9-10-26-22)16-7-4-8-17-24(16)30-23(29-17)13-21(32)19-11-18(27-14-28-19)15-5-2-1-3-6-15/h1-11,14H,12-13H2,(H,25,26)(H,29,30). The van der Waals surface area contributed by atoms with E-state index in [0.29, 0.717) is 39.6 Å². The minimum Gasteiger partial charge on any atom is -0.348 e. The molecule has 0 aliphatic carbocycles. The molecule has 0 aliphatic rings. The highest BCUT2D eigenvalue weighted by molar-refractivity contribution is 6.07. The van der Waals surface area contributed by atoms with Crippen molar-refractivity contribution in [1.29, 1.82) is 0 Å². The molecule has 0 amide bonds. The fourth-order valence-electron chi connectivity index (χ4n) is 3.55. The number of fused-ring (bicyclic) bond motifs is 1. The molecule has 0 radical (unpaired) electrons. The molecule has 32 heavy (non-hydrogen) atoms. The van der Waals surface area contributed by atoms with Crippen LogP contribution in [0.4, 0.5) is 0 Å². The zero-order valence-electron chi connectivity index (χ0n) is 16.9. The second-order valence-electron chi connectivity index (χ2n) is 7.28. The average molecular weight is 422 g/mol. The summed E-state index contributed by atoms with van der Waals surface area (Å²) in [6, 6.07) is 16.6. The van der Waals surface area contributed by atoms with Crippen molar-refractivity contribution < 1.29 is 9.59 Å². The fraction of sp³-hybridized carbons (Fsp3) is 0.0833. The van der Waals surface area contributed by atoms with E-state index in [2.05, 4.69) is 29.9 Å². The van der Waals surface area contributed by atoms with Crippen molar-refractivity contribution in [3.05, 3.63) is 96.2 Å². The number of carbonyl (C=O) groups excluding carboxylic acids is 2. The van der Waals surface area contributed by atoms with E-state index in [-0.39, 0.29) is 24.4 Å². The molecular weight excluding hydrogens is 404 g/mol. The van der Waals surface area contributed by atoms with Gasteiger partial charge in [0.1, 0.15) is 23.7 Å². The zero-order valence-corrected chi connectivity index (χ0v) is 16.9. The van der Waals surface area contributed by atoms with Gasteiger partial charge in [-0.25, -0.2) is 19.9 Å². The van der Waals surface area contributed by atoms with E-state index < -0.39 is 0 Å². The van der Waals surface area contributed by atoms with E-state index in [9.17, 15) is 9.59 Å². The van der Waals surface area contributed by atoms with Crippen molar-refractivity contribution in [2.45, 2.75) is 12.8 Å². The van der Waals surface area contributed by atoms with Crippen LogP contribution in [0.1, 0.15) is 32.5 Å². The highest BCUT2D eigenvalue weighted by atomic mass is 16.1. The molecule has 8 nitrogen and oxygen atoms in total. The maximum absolute atomic E-state index is 12.9. The molecule has 0 bridgehead atoms. The highest BCUT2D eigenvalue weighted by Gasteiger charge is 2.17. The lowest BCUT2D eigenvalue weighted by Gasteiger charge is -2.03. The molecule has 0 unspecified atom stereocenters. The van der Waals surface area contributed by atoms with Gasteiger partial charge in [-0.05, 0) is 18.2 Å². The molecular formula is C24H18N6O2. The van der Waals surface area contributed by atoms with E-state index in [0.717, 1.165) is 5.56 Å². The molecule has 156 valence electrons. The fourth-order valence-corrected chi connectivity index (χ4v) is 3.55. The molecule has 3 aromatic heterocycles. The van der Waals surface area contributed by atoms with Gasteiger partial charge in [-0.3, -0.25) is 9.59 Å². The molecule has 8 heteroatoms. The van der Waals surface area contributed by atoms with E-state index in [1.54, 1.807) is 30.6 Å². The van der Waals surface area contributed by atoms with Gasteiger partial charge in [-0.15, -0.1) is 0 Å². The van der Waals surface area contributed by atoms with Gasteiger partial charge in [0.05, 0.1) is 29.6 Å². The minimum atomic E-state index is -0.188. The topological polar surface area (TPSA) is 117 Å². The number of nitrogens with one attached hydrogen (secondary N) is 2. The van der Waals surface area contributed by atoms with Crippen molar-refractivity contribution >= 4 is 22.6 Å². The molecule has 0 spiro atoms. The Labute approximate surface area is 182 Å². The number of H-pyrrole nitrogens is 2. The van der Waals surface area contributed by atoms with Crippen molar-refractivity contribution in [3.8, 4) is 11.3 Å². The predicted octanol–water partition coefficient (Wildman–Crippen LogP) is 3.59. The van der Waals surface area contributed by atoms with Gasteiger partial charge in [-0.2, -0.15) is 0 Å². The lowest BCUT2D eigenvalue weighted by molar-refractivity contribution is 0.0981. The third-order valence-electron chi connectivity index (χ3n) is 5.10. The van der Waals surface area contributed by atoms with Crippen LogP contribution < -0.4 is 0 Å². The predicted molar refractivity (Wildman–Crippen MR) is 118 cm³/mol. The SMILES string of the molecule is O=C(Cc1nc2c(C(=O)Cc3ncc[nH]3)cccc2[nH]1)c1cc(-c2ccccc2)ncn1. The number of imidazole rings is 2. The Balaban J connectivity index is 1.39. The number of nitrogens with zero attached hydrogens (tertiary/aromatic N) is 4. The minimum absolute atomic E-state index is 0.0335. The van der Waals surface area contributed by atoms with Crippen molar-refractivity contribution in [3.63, 3.8) is 0 Å². The number of hydrogen-bond acceptors (Lipinski definition) is 6. The van der Waals surface area contributed by atoms with E-state index in [1.807, 2.05) is 36.4 Å². The van der Waals surface area contributed by atoms with Crippen LogP contribution in [0.3, 0.4) is 0 Å². The Hall–Kier alpha value is -4.46. The third-order valence-corrected chi connectivity index (χ3v) is 5.10. The monoisotopic (exact) mass is 422 g/mol. The van der Waals surface area contributed by atoms with Crippen molar-refractivity contribution in [2.24, 2.45) is 0 Å².